The van der Waals surface area contributed by atoms with Crippen LogP contribution in [0.3, 0.4) is 0 Å². The van der Waals surface area contributed by atoms with Gasteiger partial charge in [0.2, 0.25) is 0 Å². The van der Waals surface area contributed by atoms with E-state index in [-0.39, 0.29) is 22.9 Å². The van der Waals surface area contributed by atoms with Crippen molar-refractivity contribution >= 4 is 17.4 Å². The van der Waals surface area contributed by atoms with Crippen molar-refractivity contribution in [2.24, 2.45) is 0 Å². The van der Waals surface area contributed by atoms with Gasteiger partial charge in [-0.05, 0) is 56.2 Å². The van der Waals surface area contributed by atoms with Gasteiger partial charge in [0, 0.05) is 11.6 Å². The zero-order valence-corrected chi connectivity index (χ0v) is 14.9. The summed E-state index contributed by atoms with van der Waals surface area (Å²) >= 11 is 0. The number of furan rings is 1. The van der Waals surface area contributed by atoms with Crippen LogP contribution in [-0.4, -0.2) is 27.7 Å². The molecule has 1 saturated heterocycles. The average molecular weight is 369 g/mol. The molecule has 2 fully saturated rings. The number of aliphatic hydroxyl groups excluding tert-OH is 1. The summed E-state index contributed by atoms with van der Waals surface area (Å²) in [5.74, 6) is -1.01. The first-order valence-electron chi connectivity index (χ1n) is 9.09. The molecule has 0 radical (unpaired) electrons. The molecule has 2 heterocycles. The Morgan fingerprint density at radius 1 is 1.11 bits per heavy atom. The lowest BCUT2D eigenvalue weighted by Crippen LogP contribution is -2.37. The number of ketones is 1. The molecule has 27 heavy (non-hydrogen) atoms. The van der Waals surface area contributed by atoms with Gasteiger partial charge in [0.25, 0.3) is 11.7 Å². The highest BCUT2D eigenvalue weighted by molar-refractivity contribution is 6.46. The standard InChI is InChI=1S/C21H20FNO4/c1-12-6-11-16(27-12)18-17(19(24)13-7-9-14(22)10-8-13)20(25)21(26)23(18)15-4-2-3-5-15/h6-11,15,18,24H,2-5H2,1H3/b19-17-. The summed E-state index contributed by atoms with van der Waals surface area (Å²) in [6.45, 7) is 1.78. The summed E-state index contributed by atoms with van der Waals surface area (Å²) in [7, 11) is 0. The molecule has 1 N–H and O–H groups in total. The number of amides is 1. The minimum Gasteiger partial charge on any atom is -0.507 e. The number of carbonyl (C=O) groups excluding carboxylic acids is 2. The van der Waals surface area contributed by atoms with Crippen LogP contribution >= 0.6 is 0 Å². The van der Waals surface area contributed by atoms with Gasteiger partial charge in [0.15, 0.2) is 0 Å². The molecule has 2 aromatic rings. The van der Waals surface area contributed by atoms with Crippen LogP contribution in [0.4, 0.5) is 4.39 Å². The quantitative estimate of drug-likeness (QED) is 0.503. The van der Waals surface area contributed by atoms with Crippen molar-refractivity contribution in [1.82, 2.24) is 4.90 Å². The zero-order valence-electron chi connectivity index (χ0n) is 14.9. The van der Waals surface area contributed by atoms with Crippen molar-refractivity contribution in [3.8, 4) is 0 Å². The van der Waals surface area contributed by atoms with E-state index in [4.69, 9.17) is 4.42 Å². The van der Waals surface area contributed by atoms with Crippen molar-refractivity contribution in [2.45, 2.75) is 44.7 Å². The lowest BCUT2D eigenvalue weighted by atomic mass is 9.98. The van der Waals surface area contributed by atoms with Crippen LogP contribution in [-0.2, 0) is 9.59 Å². The van der Waals surface area contributed by atoms with E-state index < -0.39 is 23.5 Å². The van der Waals surface area contributed by atoms with Gasteiger partial charge in [-0.2, -0.15) is 0 Å². The monoisotopic (exact) mass is 369 g/mol. The van der Waals surface area contributed by atoms with Crippen molar-refractivity contribution in [3.63, 3.8) is 0 Å². The van der Waals surface area contributed by atoms with Gasteiger partial charge < -0.3 is 14.4 Å². The highest BCUT2D eigenvalue weighted by Crippen LogP contribution is 2.43. The number of benzene rings is 1. The van der Waals surface area contributed by atoms with E-state index in [1.54, 1.807) is 24.0 Å². The highest BCUT2D eigenvalue weighted by atomic mass is 19.1. The molecule has 5 nitrogen and oxygen atoms in total. The van der Waals surface area contributed by atoms with Gasteiger partial charge in [-0.15, -0.1) is 0 Å². The van der Waals surface area contributed by atoms with Gasteiger partial charge in [-0.3, -0.25) is 9.59 Å². The Morgan fingerprint density at radius 3 is 2.37 bits per heavy atom. The van der Waals surface area contributed by atoms with E-state index in [0.29, 0.717) is 11.5 Å². The summed E-state index contributed by atoms with van der Waals surface area (Å²) < 4.78 is 19.0. The fourth-order valence-corrected chi connectivity index (χ4v) is 4.05. The number of halogens is 1. The number of rotatable bonds is 3. The third kappa shape index (κ3) is 2.95. The molecule has 1 aliphatic carbocycles. The molecule has 0 bridgehead atoms. The number of aryl methyl sites for hydroxylation is 1. The second-order valence-electron chi connectivity index (χ2n) is 7.10. The Hall–Kier alpha value is -2.89. The van der Waals surface area contributed by atoms with E-state index >= 15 is 0 Å². The average Bonchev–Trinajstić information content (AvgIpc) is 3.37. The van der Waals surface area contributed by atoms with E-state index in [0.717, 1.165) is 25.7 Å². The maximum absolute atomic E-state index is 13.2. The van der Waals surface area contributed by atoms with Crippen LogP contribution in [0.1, 0.15) is 48.8 Å². The molecule has 4 rings (SSSR count). The predicted octanol–water partition coefficient (Wildman–Crippen LogP) is 4.09. The summed E-state index contributed by atoms with van der Waals surface area (Å²) in [5, 5.41) is 10.8. The maximum atomic E-state index is 13.2. The second-order valence-corrected chi connectivity index (χ2v) is 7.10. The van der Waals surface area contributed by atoms with Crippen LogP contribution in [0.2, 0.25) is 0 Å². The molecular formula is C21H20FNO4. The SMILES string of the molecule is Cc1ccc(C2/C(=C(/O)c3ccc(F)cc3)C(=O)C(=O)N2C2CCCC2)o1. The lowest BCUT2D eigenvalue weighted by molar-refractivity contribution is -0.141. The fraction of sp³-hybridized carbons (Fsp3) is 0.333. The van der Waals surface area contributed by atoms with Crippen molar-refractivity contribution in [1.29, 1.82) is 0 Å². The number of hydrogen-bond donors (Lipinski definition) is 1. The Morgan fingerprint density at radius 2 is 1.78 bits per heavy atom. The number of likely N-dealkylation sites (tertiary alicyclic amines) is 1. The van der Waals surface area contributed by atoms with Gasteiger partial charge in [-0.1, -0.05) is 12.8 Å². The summed E-state index contributed by atoms with van der Waals surface area (Å²) in [5.41, 5.74) is 0.280. The number of carbonyl (C=O) groups is 2. The minimum absolute atomic E-state index is 0.00661. The Bertz CT molecular complexity index is 922. The number of hydrogen-bond acceptors (Lipinski definition) is 4. The predicted molar refractivity (Wildman–Crippen MR) is 96.2 cm³/mol. The molecule has 6 heteroatoms. The minimum atomic E-state index is -0.771. The molecule has 1 aliphatic heterocycles. The van der Waals surface area contributed by atoms with Crippen molar-refractivity contribution < 1.29 is 23.5 Å². The second kappa shape index (κ2) is 6.68. The molecule has 1 aromatic carbocycles. The van der Waals surface area contributed by atoms with Gasteiger partial charge in [0.1, 0.15) is 29.1 Å². The van der Waals surface area contributed by atoms with E-state index in [1.165, 1.54) is 24.3 Å². The largest absolute Gasteiger partial charge is 0.507 e. The van der Waals surface area contributed by atoms with Gasteiger partial charge >= 0.3 is 0 Å². The Kier molecular flexibility index (Phi) is 4.34. The molecule has 0 spiro atoms. The van der Waals surface area contributed by atoms with Gasteiger partial charge in [-0.25, -0.2) is 4.39 Å². The first kappa shape index (κ1) is 17.5. The topological polar surface area (TPSA) is 70.8 Å². The fourth-order valence-electron chi connectivity index (χ4n) is 4.05. The Balaban J connectivity index is 1.87. The van der Waals surface area contributed by atoms with Crippen molar-refractivity contribution in [3.05, 3.63) is 64.9 Å². The normalized spacial score (nSPS) is 22.7. The first-order chi connectivity index (χ1) is 13.0. The smallest absolute Gasteiger partial charge is 0.296 e. The van der Waals surface area contributed by atoms with Crippen LogP contribution < -0.4 is 0 Å². The molecule has 2 aliphatic rings. The zero-order chi connectivity index (χ0) is 19.1. The third-order valence-electron chi connectivity index (χ3n) is 5.35. The van der Waals surface area contributed by atoms with Crippen LogP contribution in [0.5, 0.6) is 0 Å². The highest BCUT2D eigenvalue weighted by Gasteiger charge is 2.50. The van der Waals surface area contributed by atoms with Crippen LogP contribution in [0, 0.1) is 12.7 Å². The third-order valence-corrected chi connectivity index (χ3v) is 5.35. The van der Waals surface area contributed by atoms with E-state index in [9.17, 15) is 19.1 Å². The maximum Gasteiger partial charge on any atom is 0.296 e. The summed E-state index contributed by atoms with van der Waals surface area (Å²) in [6.07, 6.45) is 3.63. The number of aliphatic hydroxyl groups is 1. The molecule has 1 saturated carbocycles. The van der Waals surface area contributed by atoms with Crippen LogP contribution in [0.25, 0.3) is 5.76 Å². The lowest BCUT2D eigenvalue weighted by Gasteiger charge is -2.29. The molecule has 1 unspecified atom stereocenters. The number of Topliss-reactive ketones (excluding diaryl/α,β-unsaturated/α-hetero) is 1. The van der Waals surface area contributed by atoms with Crippen LogP contribution in [0.15, 0.2) is 46.4 Å². The Labute approximate surface area is 156 Å². The molecular weight excluding hydrogens is 349 g/mol. The molecule has 1 aromatic heterocycles. The van der Waals surface area contributed by atoms with Gasteiger partial charge in [0.05, 0.1) is 5.57 Å². The molecule has 1 amide bonds. The van der Waals surface area contributed by atoms with E-state index in [1.807, 2.05) is 0 Å². The van der Waals surface area contributed by atoms with Crippen molar-refractivity contribution in [2.75, 3.05) is 0 Å². The van der Waals surface area contributed by atoms with E-state index in [2.05, 4.69) is 0 Å². The number of nitrogens with zero attached hydrogens (tertiary/aromatic N) is 1. The summed E-state index contributed by atoms with van der Waals surface area (Å²) in [4.78, 5) is 27.2. The summed E-state index contributed by atoms with van der Waals surface area (Å²) in [6, 6.07) is 7.84. The first-order valence-corrected chi connectivity index (χ1v) is 9.09. The molecule has 1 atom stereocenters. The molecule has 140 valence electrons.